The van der Waals surface area contributed by atoms with Gasteiger partial charge in [0.2, 0.25) is 12.8 Å². The minimum absolute atomic E-state index is 0.131. The SMILES string of the molecule is C/C(=C(\CCO)SS/C(CCO)=C(\C)N(C=O)Cc1cnc(C)nc1N)N(C=O)Cc1cnc(C)nc1N.O=C(O)c1cc(=O)[nH]c(=O)[nH]1. The maximum Gasteiger partial charge on any atom is 0.352 e. The van der Waals surface area contributed by atoms with Crippen LogP contribution in [0.1, 0.15) is 60.0 Å². The summed E-state index contributed by atoms with van der Waals surface area (Å²) in [6, 6.07) is 0.795. The van der Waals surface area contributed by atoms with E-state index < -0.39 is 22.9 Å². The first-order valence-electron chi connectivity index (χ1n) is 14.4. The van der Waals surface area contributed by atoms with E-state index in [0.717, 1.165) is 15.9 Å². The van der Waals surface area contributed by atoms with Gasteiger partial charge in [-0.3, -0.25) is 19.4 Å². The highest BCUT2D eigenvalue weighted by Crippen LogP contribution is 2.42. The van der Waals surface area contributed by atoms with Crippen molar-refractivity contribution in [1.82, 2.24) is 39.7 Å². The van der Waals surface area contributed by atoms with Crippen LogP contribution in [-0.2, 0) is 22.7 Å². The Hall–Kier alpha value is -5.05. The molecule has 0 saturated heterocycles. The van der Waals surface area contributed by atoms with Crippen LogP contribution in [0.3, 0.4) is 0 Å². The van der Waals surface area contributed by atoms with E-state index in [0.29, 0.717) is 71.5 Å². The van der Waals surface area contributed by atoms with Crippen LogP contribution in [0.2, 0.25) is 0 Å². The highest BCUT2D eigenvalue weighted by Gasteiger charge is 2.18. The zero-order chi connectivity index (χ0) is 36.7. The summed E-state index contributed by atoms with van der Waals surface area (Å²) in [7, 11) is 2.69. The van der Waals surface area contributed by atoms with Gasteiger partial charge >= 0.3 is 11.7 Å². The summed E-state index contributed by atoms with van der Waals surface area (Å²) in [5.74, 6) is 0.308. The number of aliphatic hydroxyl groups is 2. The summed E-state index contributed by atoms with van der Waals surface area (Å²) in [5, 5.41) is 27.7. The molecule has 0 saturated carbocycles. The molecule has 18 nitrogen and oxygen atoms in total. The van der Waals surface area contributed by atoms with Gasteiger partial charge in [0.1, 0.15) is 29.0 Å². The van der Waals surface area contributed by atoms with Crippen molar-refractivity contribution in [3.8, 4) is 0 Å². The first kappa shape index (κ1) is 40.1. The quantitative estimate of drug-likeness (QED) is 0.0804. The van der Waals surface area contributed by atoms with E-state index in [-0.39, 0.29) is 26.3 Å². The third-order valence-electron chi connectivity index (χ3n) is 6.55. The standard InChI is InChI=1S/C24H34N8O4S2.C5H4N2O4/c1-15(31(13-35)11-19-9-27-17(3)29-23(19)25)21(5-7-33)37-38-22(6-8-34)16(2)32(14-36)12-20-10-28-18(4)30-24(20)26;8-3-1-2(4(9)10)6-5(11)7-3/h9-10,13-14,33-34H,5-8,11-12H2,1-4H3,(H2,25,27,29)(H2,26,28,30);1H,(H,9,10)(H2,6,7,8,11)/b21-15-,22-16+;. The number of anilines is 2. The fraction of sp³-hybridized carbons (Fsp3) is 0.345. The molecule has 264 valence electrons. The third kappa shape index (κ3) is 12.5. The largest absolute Gasteiger partial charge is 0.477 e. The van der Waals surface area contributed by atoms with Gasteiger partial charge in [0.25, 0.3) is 5.56 Å². The molecule has 0 radical (unpaired) electrons. The van der Waals surface area contributed by atoms with Crippen LogP contribution >= 0.6 is 21.6 Å². The summed E-state index contributed by atoms with van der Waals surface area (Å²) in [6.45, 7) is 7.08. The number of aromatic carboxylic acids is 1. The number of carboxylic acids is 1. The number of carboxylic acid groups (broad SMARTS) is 1. The van der Waals surface area contributed by atoms with Gasteiger partial charge in [-0.05, 0) is 27.7 Å². The van der Waals surface area contributed by atoms with Crippen molar-refractivity contribution in [3.63, 3.8) is 0 Å². The number of hydrogen-bond acceptors (Lipinski definition) is 15. The van der Waals surface area contributed by atoms with Crippen LogP contribution < -0.4 is 22.7 Å². The van der Waals surface area contributed by atoms with E-state index in [1.807, 2.05) is 9.97 Å². The number of hydrogen-bond donors (Lipinski definition) is 7. The van der Waals surface area contributed by atoms with Gasteiger partial charge in [0, 0.05) is 76.8 Å². The third-order valence-corrected chi connectivity index (χ3v) is 9.49. The molecule has 3 aromatic rings. The number of amides is 2. The molecule has 0 aromatic carbocycles. The fourth-order valence-corrected chi connectivity index (χ4v) is 6.73. The van der Waals surface area contributed by atoms with Gasteiger partial charge in [-0.1, -0.05) is 21.6 Å². The number of aromatic nitrogens is 6. The molecule has 0 bridgehead atoms. The minimum Gasteiger partial charge on any atom is -0.477 e. The Morgan fingerprint density at radius 1 is 0.837 bits per heavy atom. The van der Waals surface area contributed by atoms with Crippen molar-refractivity contribution in [2.45, 2.75) is 53.6 Å². The Labute approximate surface area is 288 Å². The molecular formula is C29H38N10O8S2. The lowest BCUT2D eigenvalue weighted by atomic mass is 10.2. The molecule has 20 heteroatoms. The number of nitrogen functional groups attached to an aromatic ring is 2. The van der Waals surface area contributed by atoms with Crippen LogP contribution in [-0.4, -0.2) is 87.0 Å². The molecule has 3 aromatic heterocycles. The molecule has 0 aliphatic carbocycles. The second kappa shape index (κ2) is 19.7. The summed E-state index contributed by atoms with van der Waals surface area (Å²) >= 11 is 0. The molecule has 9 N–H and O–H groups in total. The molecule has 2 amide bonds. The lowest BCUT2D eigenvalue weighted by molar-refractivity contribution is -0.117. The lowest BCUT2D eigenvalue weighted by Gasteiger charge is -2.24. The van der Waals surface area contributed by atoms with Crippen molar-refractivity contribution < 1.29 is 29.7 Å². The zero-order valence-corrected chi connectivity index (χ0v) is 28.8. The number of nitrogens with two attached hydrogens (primary N) is 2. The molecule has 0 unspecified atom stereocenters. The number of aromatic amines is 2. The molecule has 3 rings (SSSR count). The molecule has 0 fully saturated rings. The van der Waals surface area contributed by atoms with Gasteiger partial charge in [0.05, 0.1) is 13.1 Å². The number of nitrogens with zero attached hydrogens (tertiary/aromatic N) is 6. The average Bonchev–Trinajstić information content (AvgIpc) is 3.04. The molecule has 49 heavy (non-hydrogen) atoms. The number of H-pyrrole nitrogens is 2. The maximum atomic E-state index is 12.0. The van der Waals surface area contributed by atoms with Crippen molar-refractivity contribution >= 4 is 52.0 Å². The normalized spacial score (nSPS) is 11.8. The smallest absolute Gasteiger partial charge is 0.352 e. The number of aryl methyl sites for hydroxylation is 2. The molecule has 0 aliphatic heterocycles. The van der Waals surface area contributed by atoms with Gasteiger partial charge in [-0.15, -0.1) is 0 Å². The van der Waals surface area contributed by atoms with Crippen molar-refractivity contribution in [1.29, 1.82) is 0 Å². The Balaban J connectivity index is 0.000000639. The van der Waals surface area contributed by atoms with E-state index in [1.54, 1.807) is 40.1 Å². The Morgan fingerprint density at radius 3 is 1.59 bits per heavy atom. The number of nitrogens with one attached hydrogen (secondary N) is 2. The van der Waals surface area contributed by atoms with Crippen molar-refractivity contribution in [2.75, 3.05) is 24.7 Å². The summed E-state index contributed by atoms with van der Waals surface area (Å²) in [6.07, 6.45) is 5.15. The monoisotopic (exact) mass is 718 g/mol. The molecule has 3 heterocycles. The predicted octanol–water partition coefficient (Wildman–Crippen LogP) is 1.04. The molecular weight excluding hydrogens is 681 g/mol. The topological polar surface area (TPSA) is 288 Å². The van der Waals surface area contributed by atoms with E-state index >= 15 is 0 Å². The average molecular weight is 719 g/mol. The molecule has 0 aliphatic rings. The van der Waals surface area contributed by atoms with Crippen LogP contribution in [0.25, 0.3) is 0 Å². The van der Waals surface area contributed by atoms with E-state index in [2.05, 4.69) is 19.9 Å². The van der Waals surface area contributed by atoms with E-state index in [9.17, 15) is 34.2 Å². The highest BCUT2D eigenvalue weighted by atomic mass is 33.1. The Kier molecular flexibility index (Phi) is 16.1. The van der Waals surface area contributed by atoms with Crippen LogP contribution in [0.5, 0.6) is 0 Å². The van der Waals surface area contributed by atoms with Crippen LogP contribution in [0.4, 0.5) is 11.6 Å². The first-order chi connectivity index (χ1) is 23.2. The summed E-state index contributed by atoms with van der Waals surface area (Å²) in [4.78, 5) is 79.8. The second-order valence-electron chi connectivity index (χ2n) is 10.1. The van der Waals surface area contributed by atoms with Gasteiger partial charge < -0.3 is 41.6 Å². The van der Waals surface area contributed by atoms with Gasteiger partial charge in [-0.2, -0.15) is 0 Å². The van der Waals surface area contributed by atoms with E-state index in [4.69, 9.17) is 16.6 Å². The van der Waals surface area contributed by atoms with Gasteiger partial charge in [-0.25, -0.2) is 29.5 Å². The summed E-state index contributed by atoms with van der Waals surface area (Å²) in [5.41, 5.74) is 12.5. The van der Waals surface area contributed by atoms with Crippen LogP contribution in [0.15, 0.2) is 49.3 Å². The van der Waals surface area contributed by atoms with Crippen molar-refractivity contribution in [3.05, 3.63) is 89.0 Å². The number of carbonyl (C=O) groups is 3. The van der Waals surface area contributed by atoms with Crippen molar-refractivity contribution in [2.24, 2.45) is 0 Å². The maximum absolute atomic E-state index is 12.0. The van der Waals surface area contributed by atoms with Crippen LogP contribution in [0, 0.1) is 13.8 Å². The molecule has 0 atom stereocenters. The predicted molar refractivity (Wildman–Crippen MR) is 184 cm³/mol. The lowest BCUT2D eigenvalue weighted by Crippen LogP contribution is -2.24. The number of aliphatic hydroxyl groups excluding tert-OH is 2. The number of carbonyl (C=O) groups excluding carboxylic acids is 2. The zero-order valence-electron chi connectivity index (χ0n) is 27.2. The van der Waals surface area contributed by atoms with E-state index in [1.165, 1.54) is 31.4 Å². The Morgan fingerprint density at radius 2 is 1.27 bits per heavy atom. The number of allylic oxidation sites excluding steroid dienone is 2. The second-order valence-corrected chi connectivity index (χ2v) is 12.4. The fourth-order valence-electron chi connectivity index (χ4n) is 3.88. The first-order valence-corrected chi connectivity index (χ1v) is 16.5. The minimum atomic E-state index is -1.34. The Bertz CT molecular complexity index is 1690. The molecule has 0 spiro atoms. The van der Waals surface area contributed by atoms with Gasteiger partial charge in [0.15, 0.2) is 0 Å². The number of rotatable bonds is 16. The highest BCUT2D eigenvalue weighted by molar-refractivity contribution is 8.79. The summed E-state index contributed by atoms with van der Waals surface area (Å²) < 4.78 is 0.